The summed E-state index contributed by atoms with van der Waals surface area (Å²) in [7, 11) is 0. The Bertz CT molecular complexity index is 536. The number of carbonyl (C=O) groups is 1. The SMILES string of the molecule is O=C(CC(O)c1cccc(F)c1)N1CCC2OCCCC2C1. The van der Waals surface area contributed by atoms with E-state index >= 15 is 0 Å². The molecule has 1 aromatic rings. The summed E-state index contributed by atoms with van der Waals surface area (Å²) in [5, 5.41) is 10.1. The number of piperidine rings is 1. The highest BCUT2D eigenvalue weighted by Gasteiger charge is 2.34. The van der Waals surface area contributed by atoms with E-state index < -0.39 is 11.9 Å². The molecule has 2 heterocycles. The lowest BCUT2D eigenvalue weighted by Gasteiger charge is -2.41. The number of aliphatic hydroxyl groups is 1. The molecule has 4 nitrogen and oxygen atoms in total. The van der Waals surface area contributed by atoms with E-state index in [1.807, 2.05) is 4.90 Å². The number of carbonyl (C=O) groups excluding carboxylic acids is 1. The molecule has 2 aliphatic rings. The van der Waals surface area contributed by atoms with Crippen molar-refractivity contribution in [3.8, 4) is 0 Å². The molecule has 2 aliphatic heterocycles. The van der Waals surface area contributed by atoms with Gasteiger partial charge in [-0.2, -0.15) is 0 Å². The molecule has 0 bridgehead atoms. The van der Waals surface area contributed by atoms with Crippen molar-refractivity contribution in [1.29, 1.82) is 0 Å². The van der Waals surface area contributed by atoms with Gasteiger partial charge in [-0.05, 0) is 37.0 Å². The molecule has 1 amide bonds. The first-order chi connectivity index (χ1) is 10.6. The van der Waals surface area contributed by atoms with Crippen LogP contribution in [0, 0.1) is 11.7 Å². The van der Waals surface area contributed by atoms with Gasteiger partial charge in [0.1, 0.15) is 5.82 Å². The zero-order chi connectivity index (χ0) is 15.5. The van der Waals surface area contributed by atoms with E-state index in [1.54, 1.807) is 12.1 Å². The number of benzene rings is 1. The molecule has 1 aromatic carbocycles. The first-order valence-corrected chi connectivity index (χ1v) is 7.96. The van der Waals surface area contributed by atoms with Crippen LogP contribution in [-0.2, 0) is 9.53 Å². The summed E-state index contributed by atoms with van der Waals surface area (Å²) >= 11 is 0. The van der Waals surface area contributed by atoms with Crippen LogP contribution in [0.15, 0.2) is 24.3 Å². The van der Waals surface area contributed by atoms with Crippen LogP contribution in [0.5, 0.6) is 0 Å². The number of hydrogen-bond acceptors (Lipinski definition) is 3. The lowest BCUT2D eigenvalue weighted by Crippen LogP contribution is -2.48. The molecule has 3 rings (SSSR count). The molecule has 0 saturated carbocycles. The van der Waals surface area contributed by atoms with Crippen LogP contribution in [-0.4, -0.2) is 41.7 Å². The molecular formula is C17H22FNO3. The zero-order valence-corrected chi connectivity index (χ0v) is 12.6. The minimum absolute atomic E-state index is 0.00168. The van der Waals surface area contributed by atoms with Gasteiger partial charge in [0.25, 0.3) is 0 Å². The summed E-state index contributed by atoms with van der Waals surface area (Å²) in [5.41, 5.74) is 0.448. The molecule has 2 fully saturated rings. The van der Waals surface area contributed by atoms with Crippen LogP contribution in [0.3, 0.4) is 0 Å². The number of hydrogen-bond donors (Lipinski definition) is 1. The van der Waals surface area contributed by atoms with Crippen LogP contribution in [0.1, 0.15) is 37.4 Å². The van der Waals surface area contributed by atoms with Crippen LogP contribution < -0.4 is 0 Å². The Balaban J connectivity index is 1.57. The highest BCUT2D eigenvalue weighted by Crippen LogP contribution is 2.29. The van der Waals surface area contributed by atoms with Crippen molar-refractivity contribution in [2.45, 2.75) is 37.9 Å². The lowest BCUT2D eigenvalue weighted by molar-refractivity contribution is -0.140. The van der Waals surface area contributed by atoms with Crippen molar-refractivity contribution in [2.24, 2.45) is 5.92 Å². The number of rotatable bonds is 3. The highest BCUT2D eigenvalue weighted by molar-refractivity contribution is 5.77. The molecule has 3 unspecified atom stereocenters. The van der Waals surface area contributed by atoms with E-state index in [2.05, 4.69) is 0 Å². The van der Waals surface area contributed by atoms with Gasteiger partial charge in [-0.15, -0.1) is 0 Å². The maximum atomic E-state index is 13.2. The molecule has 1 N–H and O–H groups in total. The van der Waals surface area contributed by atoms with Gasteiger partial charge in [0.15, 0.2) is 0 Å². The number of amides is 1. The van der Waals surface area contributed by atoms with E-state index in [9.17, 15) is 14.3 Å². The van der Waals surface area contributed by atoms with Crippen LogP contribution in [0.25, 0.3) is 0 Å². The Morgan fingerprint density at radius 2 is 2.32 bits per heavy atom. The van der Waals surface area contributed by atoms with Crippen molar-refractivity contribution < 1.29 is 19.0 Å². The van der Waals surface area contributed by atoms with Gasteiger partial charge in [0.2, 0.25) is 5.91 Å². The van der Waals surface area contributed by atoms with Crippen LogP contribution in [0.2, 0.25) is 0 Å². The zero-order valence-electron chi connectivity index (χ0n) is 12.6. The topological polar surface area (TPSA) is 49.8 Å². The summed E-state index contributed by atoms with van der Waals surface area (Å²) < 4.78 is 18.9. The third-order valence-electron chi connectivity index (χ3n) is 4.67. The van der Waals surface area contributed by atoms with E-state index in [0.717, 1.165) is 25.9 Å². The molecule has 3 atom stereocenters. The molecular weight excluding hydrogens is 285 g/mol. The van der Waals surface area contributed by atoms with Crippen molar-refractivity contribution in [3.63, 3.8) is 0 Å². The number of halogens is 1. The Morgan fingerprint density at radius 1 is 1.45 bits per heavy atom. The average Bonchev–Trinajstić information content (AvgIpc) is 2.54. The summed E-state index contributed by atoms with van der Waals surface area (Å²) in [6.07, 6.45) is 2.35. The largest absolute Gasteiger partial charge is 0.388 e. The molecule has 0 radical (unpaired) electrons. The van der Waals surface area contributed by atoms with Gasteiger partial charge in [0.05, 0.1) is 18.6 Å². The lowest BCUT2D eigenvalue weighted by atomic mass is 9.88. The van der Waals surface area contributed by atoms with Gasteiger partial charge < -0.3 is 14.7 Å². The normalized spacial score (nSPS) is 26.4. The van der Waals surface area contributed by atoms with E-state index in [-0.39, 0.29) is 18.4 Å². The second-order valence-corrected chi connectivity index (χ2v) is 6.21. The Kier molecular flexibility index (Phi) is 4.74. The summed E-state index contributed by atoms with van der Waals surface area (Å²) in [5.74, 6) is -0.0530. The summed E-state index contributed by atoms with van der Waals surface area (Å²) in [4.78, 5) is 14.2. The molecule has 0 aliphatic carbocycles. The predicted octanol–water partition coefficient (Wildman–Crippen LogP) is 2.28. The quantitative estimate of drug-likeness (QED) is 0.932. The fourth-order valence-electron chi connectivity index (χ4n) is 3.44. The van der Waals surface area contributed by atoms with E-state index in [1.165, 1.54) is 12.1 Å². The first-order valence-electron chi connectivity index (χ1n) is 7.96. The molecule has 0 spiro atoms. The molecule has 2 saturated heterocycles. The van der Waals surface area contributed by atoms with Gasteiger partial charge in [-0.3, -0.25) is 4.79 Å². The number of nitrogens with zero attached hydrogens (tertiary/aromatic N) is 1. The molecule has 120 valence electrons. The number of likely N-dealkylation sites (tertiary alicyclic amines) is 1. The monoisotopic (exact) mass is 307 g/mol. The minimum Gasteiger partial charge on any atom is -0.388 e. The first kappa shape index (κ1) is 15.4. The molecule has 22 heavy (non-hydrogen) atoms. The van der Waals surface area contributed by atoms with Crippen LogP contribution >= 0.6 is 0 Å². The van der Waals surface area contributed by atoms with Gasteiger partial charge in [-0.25, -0.2) is 4.39 Å². The predicted molar refractivity (Wildman–Crippen MR) is 79.6 cm³/mol. The average molecular weight is 307 g/mol. The number of aliphatic hydroxyl groups excluding tert-OH is 1. The third-order valence-corrected chi connectivity index (χ3v) is 4.67. The smallest absolute Gasteiger partial charge is 0.225 e. The summed E-state index contributed by atoms with van der Waals surface area (Å²) in [6.45, 7) is 2.21. The fourth-order valence-corrected chi connectivity index (χ4v) is 3.44. The van der Waals surface area contributed by atoms with Gasteiger partial charge in [-0.1, -0.05) is 12.1 Å². The summed E-state index contributed by atoms with van der Waals surface area (Å²) in [6, 6.07) is 5.79. The second-order valence-electron chi connectivity index (χ2n) is 6.21. The molecule has 5 heteroatoms. The number of fused-ring (bicyclic) bond motifs is 1. The van der Waals surface area contributed by atoms with Gasteiger partial charge >= 0.3 is 0 Å². The Morgan fingerprint density at radius 3 is 3.14 bits per heavy atom. The highest BCUT2D eigenvalue weighted by atomic mass is 19.1. The van der Waals surface area contributed by atoms with Crippen molar-refractivity contribution in [1.82, 2.24) is 4.90 Å². The Labute approximate surface area is 129 Å². The van der Waals surface area contributed by atoms with Crippen molar-refractivity contribution >= 4 is 5.91 Å². The van der Waals surface area contributed by atoms with Crippen LogP contribution in [0.4, 0.5) is 4.39 Å². The number of ether oxygens (including phenoxy) is 1. The van der Waals surface area contributed by atoms with Crippen molar-refractivity contribution in [2.75, 3.05) is 19.7 Å². The third kappa shape index (κ3) is 3.47. The maximum absolute atomic E-state index is 13.2. The van der Waals surface area contributed by atoms with Gasteiger partial charge in [0, 0.05) is 25.6 Å². The standard InChI is InChI=1S/C17H22FNO3/c18-14-5-1-3-12(9-14)15(20)10-17(21)19-7-6-16-13(11-19)4-2-8-22-16/h1,3,5,9,13,15-16,20H,2,4,6-8,10-11H2. The Hall–Kier alpha value is -1.46. The fraction of sp³-hybridized carbons (Fsp3) is 0.588. The van der Waals surface area contributed by atoms with E-state index in [0.29, 0.717) is 24.6 Å². The van der Waals surface area contributed by atoms with Crippen molar-refractivity contribution in [3.05, 3.63) is 35.6 Å². The van der Waals surface area contributed by atoms with E-state index in [4.69, 9.17) is 4.74 Å². The molecule has 0 aromatic heterocycles. The second kappa shape index (κ2) is 6.75. The minimum atomic E-state index is -0.955. The maximum Gasteiger partial charge on any atom is 0.225 e.